The molecule has 0 spiro atoms. The lowest BCUT2D eigenvalue weighted by atomic mass is 10.1. The fourth-order valence-corrected chi connectivity index (χ4v) is 1.71. The highest BCUT2D eigenvalue weighted by Crippen LogP contribution is 2.05. The van der Waals surface area contributed by atoms with E-state index in [1.54, 1.807) is 14.2 Å². The maximum absolute atomic E-state index is 5.30. The Balaban J connectivity index is 3.43. The highest BCUT2D eigenvalue weighted by molar-refractivity contribution is 4.66. The standard InChI is InChI=1S/C13H29NO2/c1-5-6-7-8-9-12(2)14-10-13(16-4)11-15-3/h12-14H,5-11H2,1-4H3. The van der Waals surface area contributed by atoms with Crippen LogP contribution in [0.15, 0.2) is 0 Å². The number of nitrogens with one attached hydrogen (secondary N) is 1. The summed E-state index contributed by atoms with van der Waals surface area (Å²) in [5, 5.41) is 3.49. The molecule has 0 radical (unpaired) electrons. The van der Waals surface area contributed by atoms with Gasteiger partial charge in [0.15, 0.2) is 0 Å². The minimum atomic E-state index is 0.170. The van der Waals surface area contributed by atoms with E-state index in [0.29, 0.717) is 12.6 Å². The van der Waals surface area contributed by atoms with Gasteiger partial charge in [-0.2, -0.15) is 0 Å². The van der Waals surface area contributed by atoms with E-state index < -0.39 is 0 Å². The first-order valence-corrected chi connectivity index (χ1v) is 6.49. The monoisotopic (exact) mass is 231 g/mol. The molecule has 3 nitrogen and oxygen atoms in total. The molecule has 3 heteroatoms. The molecule has 0 saturated carbocycles. The zero-order valence-corrected chi connectivity index (χ0v) is 11.4. The lowest BCUT2D eigenvalue weighted by Gasteiger charge is -2.19. The number of ether oxygens (including phenoxy) is 2. The molecule has 0 heterocycles. The van der Waals surface area contributed by atoms with E-state index in [0.717, 1.165) is 6.54 Å². The molecule has 0 fully saturated rings. The summed E-state index contributed by atoms with van der Waals surface area (Å²) in [6, 6.07) is 0.575. The zero-order valence-electron chi connectivity index (χ0n) is 11.4. The summed E-state index contributed by atoms with van der Waals surface area (Å²) in [5.74, 6) is 0. The molecule has 0 aliphatic heterocycles. The maximum atomic E-state index is 5.30. The fourth-order valence-electron chi connectivity index (χ4n) is 1.71. The molecule has 0 aliphatic rings. The Kier molecular flexibility index (Phi) is 11.3. The van der Waals surface area contributed by atoms with Crippen LogP contribution in [-0.2, 0) is 9.47 Å². The lowest BCUT2D eigenvalue weighted by molar-refractivity contribution is 0.0275. The molecule has 0 amide bonds. The third kappa shape index (κ3) is 9.13. The van der Waals surface area contributed by atoms with Gasteiger partial charge in [-0.25, -0.2) is 0 Å². The molecule has 0 aliphatic carbocycles. The van der Waals surface area contributed by atoms with Crippen molar-refractivity contribution in [3.05, 3.63) is 0 Å². The summed E-state index contributed by atoms with van der Waals surface area (Å²) in [6.07, 6.45) is 6.77. The van der Waals surface area contributed by atoms with Gasteiger partial charge >= 0.3 is 0 Å². The highest BCUT2D eigenvalue weighted by atomic mass is 16.5. The van der Waals surface area contributed by atoms with Gasteiger partial charge in [-0.3, -0.25) is 0 Å². The van der Waals surface area contributed by atoms with Crippen molar-refractivity contribution < 1.29 is 9.47 Å². The average Bonchev–Trinajstić information content (AvgIpc) is 2.30. The van der Waals surface area contributed by atoms with Gasteiger partial charge in [0.1, 0.15) is 0 Å². The summed E-state index contributed by atoms with van der Waals surface area (Å²) in [4.78, 5) is 0. The van der Waals surface area contributed by atoms with E-state index >= 15 is 0 Å². The van der Waals surface area contributed by atoms with Gasteiger partial charge in [-0.05, 0) is 13.3 Å². The summed E-state index contributed by atoms with van der Waals surface area (Å²) >= 11 is 0. The van der Waals surface area contributed by atoms with Gasteiger partial charge in [0.25, 0.3) is 0 Å². The Morgan fingerprint density at radius 2 is 1.88 bits per heavy atom. The molecule has 1 N–H and O–H groups in total. The van der Waals surface area contributed by atoms with Crippen molar-refractivity contribution in [2.45, 2.75) is 58.1 Å². The molecule has 0 bridgehead atoms. The second-order valence-electron chi connectivity index (χ2n) is 4.47. The molecule has 98 valence electrons. The van der Waals surface area contributed by atoms with Crippen molar-refractivity contribution in [1.29, 1.82) is 0 Å². The normalized spacial score (nSPS) is 15.0. The Bertz CT molecular complexity index is 142. The van der Waals surface area contributed by atoms with Crippen molar-refractivity contribution in [2.24, 2.45) is 0 Å². The summed E-state index contributed by atoms with van der Waals surface area (Å²) in [7, 11) is 3.44. The molecular weight excluding hydrogens is 202 g/mol. The van der Waals surface area contributed by atoms with Crippen LogP contribution in [0.25, 0.3) is 0 Å². The molecule has 0 aromatic heterocycles. The van der Waals surface area contributed by atoms with E-state index in [4.69, 9.17) is 9.47 Å². The quantitative estimate of drug-likeness (QED) is 0.554. The van der Waals surface area contributed by atoms with Gasteiger partial charge in [0.2, 0.25) is 0 Å². The second-order valence-corrected chi connectivity index (χ2v) is 4.47. The average molecular weight is 231 g/mol. The topological polar surface area (TPSA) is 30.5 Å². The van der Waals surface area contributed by atoms with Crippen LogP contribution in [0.1, 0.15) is 46.0 Å². The second kappa shape index (κ2) is 11.4. The third-order valence-electron chi connectivity index (χ3n) is 2.87. The molecule has 0 saturated heterocycles. The van der Waals surface area contributed by atoms with Crippen LogP contribution in [0.5, 0.6) is 0 Å². The van der Waals surface area contributed by atoms with E-state index in [1.807, 2.05) is 0 Å². The molecule has 0 aromatic rings. The smallest absolute Gasteiger partial charge is 0.0928 e. The van der Waals surface area contributed by atoms with Crippen LogP contribution in [0, 0.1) is 0 Å². The molecular formula is C13H29NO2. The van der Waals surface area contributed by atoms with Gasteiger partial charge in [-0.15, -0.1) is 0 Å². The van der Waals surface area contributed by atoms with E-state index in [2.05, 4.69) is 19.2 Å². The van der Waals surface area contributed by atoms with Crippen LogP contribution >= 0.6 is 0 Å². The van der Waals surface area contributed by atoms with Crippen molar-refractivity contribution in [1.82, 2.24) is 5.32 Å². The predicted molar refractivity (Wildman–Crippen MR) is 68.9 cm³/mol. The Labute approximate surface area is 101 Å². The number of hydrogen-bond acceptors (Lipinski definition) is 3. The first-order chi connectivity index (χ1) is 7.74. The molecule has 0 aromatic carbocycles. The summed E-state index contributed by atoms with van der Waals surface area (Å²) in [6.45, 7) is 6.02. The highest BCUT2D eigenvalue weighted by Gasteiger charge is 2.08. The Hall–Kier alpha value is -0.120. The number of unbranched alkanes of at least 4 members (excludes halogenated alkanes) is 3. The lowest BCUT2D eigenvalue weighted by Crippen LogP contribution is -2.36. The fraction of sp³-hybridized carbons (Fsp3) is 1.00. The number of rotatable bonds is 11. The third-order valence-corrected chi connectivity index (χ3v) is 2.87. The van der Waals surface area contributed by atoms with Crippen LogP contribution in [0.3, 0.4) is 0 Å². The van der Waals surface area contributed by atoms with Crippen LogP contribution in [-0.4, -0.2) is 39.5 Å². The first kappa shape index (κ1) is 15.9. The summed E-state index contributed by atoms with van der Waals surface area (Å²) < 4.78 is 10.4. The van der Waals surface area contributed by atoms with Crippen molar-refractivity contribution in [3.8, 4) is 0 Å². The Morgan fingerprint density at radius 1 is 1.12 bits per heavy atom. The Morgan fingerprint density at radius 3 is 2.44 bits per heavy atom. The van der Waals surface area contributed by atoms with Crippen LogP contribution in [0.2, 0.25) is 0 Å². The summed E-state index contributed by atoms with van der Waals surface area (Å²) in [5.41, 5.74) is 0. The van der Waals surface area contributed by atoms with Crippen LogP contribution in [0.4, 0.5) is 0 Å². The SMILES string of the molecule is CCCCCCC(C)NCC(COC)OC. The first-order valence-electron chi connectivity index (χ1n) is 6.49. The van der Waals surface area contributed by atoms with Crippen LogP contribution < -0.4 is 5.32 Å². The van der Waals surface area contributed by atoms with Crippen molar-refractivity contribution >= 4 is 0 Å². The maximum Gasteiger partial charge on any atom is 0.0928 e. The number of hydrogen-bond donors (Lipinski definition) is 1. The van der Waals surface area contributed by atoms with E-state index in [-0.39, 0.29) is 6.10 Å². The molecule has 0 rings (SSSR count). The van der Waals surface area contributed by atoms with Gasteiger partial charge in [0, 0.05) is 26.8 Å². The van der Waals surface area contributed by atoms with Crippen molar-refractivity contribution in [3.63, 3.8) is 0 Å². The minimum absolute atomic E-state index is 0.170. The van der Waals surface area contributed by atoms with E-state index in [1.165, 1.54) is 32.1 Å². The molecule has 2 atom stereocenters. The largest absolute Gasteiger partial charge is 0.382 e. The van der Waals surface area contributed by atoms with Gasteiger partial charge in [-0.1, -0.05) is 32.6 Å². The number of methoxy groups -OCH3 is 2. The van der Waals surface area contributed by atoms with Crippen molar-refractivity contribution in [2.75, 3.05) is 27.4 Å². The molecule has 2 unspecified atom stereocenters. The van der Waals surface area contributed by atoms with Gasteiger partial charge < -0.3 is 14.8 Å². The minimum Gasteiger partial charge on any atom is -0.382 e. The predicted octanol–water partition coefficient (Wildman–Crippen LogP) is 2.60. The molecule has 16 heavy (non-hydrogen) atoms. The van der Waals surface area contributed by atoms with E-state index in [9.17, 15) is 0 Å². The van der Waals surface area contributed by atoms with Gasteiger partial charge in [0.05, 0.1) is 12.7 Å². The zero-order chi connectivity index (χ0) is 12.2.